The van der Waals surface area contributed by atoms with Crippen LogP contribution in [0.2, 0.25) is 5.02 Å². The highest BCUT2D eigenvalue weighted by Crippen LogP contribution is 2.33. The lowest BCUT2D eigenvalue weighted by atomic mass is 10.1. The second kappa shape index (κ2) is 8.78. The Morgan fingerprint density at radius 3 is 2.94 bits per heavy atom. The quantitative estimate of drug-likeness (QED) is 0.572. The predicted octanol–water partition coefficient (Wildman–Crippen LogP) is 3.33. The van der Waals surface area contributed by atoms with Crippen molar-refractivity contribution in [2.24, 2.45) is 5.92 Å². The number of hydrogen-bond acceptors (Lipinski definition) is 8. The van der Waals surface area contributed by atoms with Crippen LogP contribution in [0, 0.1) is 11.7 Å². The van der Waals surface area contributed by atoms with Gasteiger partial charge in [-0.25, -0.2) is 19.3 Å². The first-order chi connectivity index (χ1) is 15.2. The van der Waals surface area contributed by atoms with Crippen LogP contribution in [0.25, 0.3) is 11.0 Å². The molecule has 0 aliphatic carbocycles. The Kier molecular flexibility index (Phi) is 5.71. The second-order valence-electron chi connectivity index (χ2n) is 7.57. The van der Waals surface area contributed by atoms with E-state index in [-0.39, 0.29) is 11.8 Å². The van der Waals surface area contributed by atoms with Crippen LogP contribution in [0.15, 0.2) is 30.6 Å². The molecular formula is C21H21ClFN5O3. The van der Waals surface area contributed by atoms with Crippen molar-refractivity contribution in [1.29, 1.82) is 0 Å². The fourth-order valence-corrected chi connectivity index (χ4v) is 3.65. The molecule has 2 fully saturated rings. The van der Waals surface area contributed by atoms with Crippen LogP contribution in [-0.4, -0.2) is 54.0 Å². The molecule has 0 bridgehead atoms. The zero-order valence-electron chi connectivity index (χ0n) is 16.6. The van der Waals surface area contributed by atoms with Crippen LogP contribution in [0.4, 0.5) is 15.9 Å². The molecule has 0 amide bonds. The van der Waals surface area contributed by atoms with Gasteiger partial charge in [0.25, 0.3) is 0 Å². The lowest BCUT2D eigenvalue weighted by molar-refractivity contribution is -0.0508. The molecule has 5 rings (SSSR count). The summed E-state index contributed by atoms with van der Waals surface area (Å²) in [6.45, 7) is 3.43. The molecule has 10 heteroatoms. The van der Waals surface area contributed by atoms with E-state index in [4.69, 9.17) is 25.8 Å². The zero-order chi connectivity index (χ0) is 21.2. The summed E-state index contributed by atoms with van der Waals surface area (Å²) in [4.78, 5) is 13.0. The van der Waals surface area contributed by atoms with Gasteiger partial charge in [0, 0.05) is 24.6 Å². The van der Waals surface area contributed by atoms with Crippen molar-refractivity contribution in [3.8, 4) is 11.6 Å². The van der Waals surface area contributed by atoms with Gasteiger partial charge >= 0.3 is 0 Å². The Morgan fingerprint density at radius 1 is 1.26 bits per heavy atom. The van der Waals surface area contributed by atoms with Gasteiger partial charge in [0.2, 0.25) is 5.88 Å². The minimum absolute atomic E-state index is 0.0706. The molecule has 2 aliphatic rings. The number of halogens is 2. The van der Waals surface area contributed by atoms with Crippen molar-refractivity contribution in [2.75, 3.05) is 38.2 Å². The van der Waals surface area contributed by atoms with E-state index < -0.39 is 5.82 Å². The van der Waals surface area contributed by atoms with Crippen LogP contribution >= 0.6 is 11.6 Å². The highest BCUT2D eigenvalue weighted by atomic mass is 35.5. The maximum absolute atomic E-state index is 14.8. The molecule has 31 heavy (non-hydrogen) atoms. The number of pyridine rings is 1. The van der Waals surface area contributed by atoms with Crippen LogP contribution in [0.3, 0.4) is 0 Å². The maximum Gasteiger partial charge on any atom is 0.214 e. The van der Waals surface area contributed by atoms with Gasteiger partial charge in [-0.05, 0) is 25.1 Å². The van der Waals surface area contributed by atoms with Gasteiger partial charge in [0.05, 0.1) is 36.0 Å². The number of ether oxygens (including phenoxy) is 3. The third-order valence-corrected chi connectivity index (χ3v) is 5.51. The molecule has 0 saturated carbocycles. The van der Waals surface area contributed by atoms with E-state index in [0.717, 1.165) is 19.5 Å². The normalized spacial score (nSPS) is 18.7. The van der Waals surface area contributed by atoms with Crippen molar-refractivity contribution in [3.63, 3.8) is 0 Å². The Morgan fingerprint density at radius 2 is 2.16 bits per heavy atom. The third kappa shape index (κ3) is 4.48. The first kappa shape index (κ1) is 20.2. The van der Waals surface area contributed by atoms with E-state index in [1.807, 2.05) is 0 Å². The molecule has 0 spiro atoms. The predicted molar refractivity (Wildman–Crippen MR) is 114 cm³/mol. The van der Waals surface area contributed by atoms with Gasteiger partial charge in [-0.1, -0.05) is 11.6 Å². The fourth-order valence-electron chi connectivity index (χ4n) is 3.43. The first-order valence-corrected chi connectivity index (χ1v) is 10.5. The maximum atomic E-state index is 14.8. The number of nitrogens with one attached hydrogen (secondary N) is 2. The number of fused-ring (bicyclic) bond motifs is 1. The zero-order valence-corrected chi connectivity index (χ0v) is 17.4. The molecular weight excluding hydrogens is 425 g/mol. The minimum atomic E-state index is -0.513. The average Bonchev–Trinajstić information content (AvgIpc) is 3.23. The number of anilines is 2. The van der Waals surface area contributed by atoms with E-state index in [1.165, 1.54) is 18.5 Å². The summed E-state index contributed by atoms with van der Waals surface area (Å²) in [5.74, 6) is 0.923. The fraction of sp³-hybridized carbons (Fsp3) is 0.381. The summed E-state index contributed by atoms with van der Waals surface area (Å²) in [5.41, 5.74) is 1.26. The highest BCUT2D eigenvalue weighted by Gasteiger charge is 2.21. The molecule has 2 aromatic heterocycles. The van der Waals surface area contributed by atoms with E-state index in [2.05, 4.69) is 25.6 Å². The molecule has 2 aliphatic heterocycles. The van der Waals surface area contributed by atoms with Gasteiger partial charge in [-0.2, -0.15) is 0 Å². The monoisotopic (exact) mass is 445 g/mol. The number of hydrogen-bond donors (Lipinski definition) is 2. The molecule has 0 radical (unpaired) electrons. The molecule has 162 valence electrons. The van der Waals surface area contributed by atoms with E-state index >= 15 is 0 Å². The van der Waals surface area contributed by atoms with Crippen LogP contribution in [0.1, 0.15) is 6.42 Å². The third-order valence-electron chi connectivity index (χ3n) is 5.22. The highest BCUT2D eigenvalue weighted by molar-refractivity contribution is 6.32. The Balaban J connectivity index is 1.38. The average molecular weight is 446 g/mol. The van der Waals surface area contributed by atoms with Gasteiger partial charge in [-0.15, -0.1) is 0 Å². The SMILES string of the molecule is Fc1cc(OCC2COC2)c(Cl)cc1Nc1ncnc2ccc(O[C@H]3CCNC3)nc12. The standard InChI is InChI=1S/C21H21ClFN5O3/c22-14-5-17(15(23)6-18(14)30-10-12-8-29-9-12)27-21-20-16(25-11-26-21)1-2-19(28-20)31-13-3-4-24-7-13/h1-2,5-6,11-13,24H,3-4,7-10H2,(H,25,26,27)/t13-/m0/s1. The summed E-state index contributed by atoms with van der Waals surface area (Å²) in [7, 11) is 0. The summed E-state index contributed by atoms with van der Waals surface area (Å²) < 4.78 is 31.4. The summed E-state index contributed by atoms with van der Waals surface area (Å²) in [6, 6.07) is 6.32. The van der Waals surface area contributed by atoms with Crippen molar-refractivity contribution >= 4 is 34.1 Å². The van der Waals surface area contributed by atoms with Crippen LogP contribution in [-0.2, 0) is 4.74 Å². The van der Waals surface area contributed by atoms with Gasteiger partial charge in [-0.3, -0.25) is 0 Å². The van der Waals surface area contributed by atoms with Crippen LogP contribution in [0.5, 0.6) is 11.6 Å². The molecule has 0 unspecified atom stereocenters. The van der Waals surface area contributed by atoms with Crippen molar-refractivity contribution in [2.45, 2.75) is 12.5 Å². The number of rotatable bonds is 7. The molecule has 2 saturated heterocycles. The van der Waals surface area contributed by atoms with E-state index in [1.54, 1.807) is 12.1 Å². The number of nitrogens with zero attached hydrogens (tertiary/aromatic N) is 3. The van der Waals surface area contributed by atoms with Crippen molar-refractivity contribution in [1.82, 2.24) is 20.3 Å². The summed E-state index contributed by atoms with van der Waals surface area (Å²) in [5, 5.41) is 6.53. The lowest BCUT2D eigenvalue weighted by Gasteiger charge is -2.26. The number of benzene rings is 1. The molecule has 1 atom stereocenters. The van der Waals surface area contributed by atoms with Gasteiger partial charge < -0.3 is 24.8 Å². The Hall–Kier alpha value is -2.75. The topological polar surface area (TPSA) is 90.4 Å². The van der Waals surface area contributed by atoms with Gasteiger partial charge in [0.15, 0.2) is 5.82 Å². The molecule has 8 nitrogen and oxygen atoms in total. The largest absolute Gasteiger partial charge is 0.491 e. The Bertz CT molecular complexity index is 1090. The van der Waals surface area contributed by atoms with Gasteiger partial charge in [0.1, 0.15) is 29.5 Å². The summed E-state index contributed by atoms with van der Waals surface area (Å²) in [6.07, 6.45) is 2.38. The number of aromatic nitrogens is 3. The first-order valence-electron chi connectivity index (χ1n) is 10.1. The minimum Gasteiger partial charge on any atom is -0.491 e. The molecule has 2 N–H and O–H groups in total. The van der Waals surface area contributed by atoms with E-state index in [0.29, 0.717) is 59.2 Å². The molecule has 3 aromatic rings. The summed E-state index contributed by atoms with van der Waals surface area (Å²) >= 11 is 6.31. The van der Waals surface area contributed by atoms with Crippen LogP contribution < -0.4 is 20.1 Å². The van der Waals surface area contributed by atoms with E-state index in [9.17, 15) is 4.39 Å². The smallest absolute Gasteiger partial charge is 0.214 e. The molecule has 4 heterocycles. The lowest BCUT2D eigenvalue weighted by Crippen LogP contribution is -2.32. The Labute approximate surface area is 183 Å². The van der Waals surface area contributed by atoms with Crippen molar-refractivity contribution < 1.29 is 18.6 Å². The molecule has 1 aromatic carbocycles. The second-order valence-corrected chi connectivity index (χ2v) is 7.98. The van der Waals surface area contributed by atoms with Crippen molar-refractivity contribution in [3.05, 3.63) is 41.4 Å².